The normalized spacial score (nSPS) is 14.2. The molecule has 4 heteroatoms. The Kier molecular flexibility index (Phi) is 3.52. The van der Waals surface area contributed by atoms with Gasteiger partial charge >= 0.3 is 5.97 Å². The number of carboxylic acids is 1. The zero-order valence-corrected chi connectivity index (χ0v) is 10.3. The summed E-state index contributed by atoms with van der Waals surface area (Å²) in [5.74, 6) is -0.799. The summed E-state index contributed by atoms with van der Waals surface area (Å²) < 4.78 is 0. The highest BCUT2D eigenvalue weighted by molar-refractivity contribution is 7.07. The van der Waals surface area contributed by atoms with E-state index in [0.29, 0.717) is 0 Å². The molecule has 0 aliphatic carbocycles. The van der Waals surface area contributed by atoms with Crippen LogP contribution in [0.1, 0.15) is 32.4 Å². The fourth-order valence-corrected chi connectivity index (χ4v) is 2.12. The molecule has 0 radical (unpaired) electrons. The van der Waals surface area contributed by atoms with E-state index in [1.54, 1.807) is 25.2 Å². The lowest BCUT2D eigenvalue weighted by atomic mass is 10.00. The summed E-state index contributed by atoms with van der Waals surface area (Å²) in [5.41, 5.74) is 0.318. The molecule has 0 amide bonds. The highest BCUT2D eigenvalue weighted by Crippen LogP contribution is 2.27. The van der Waals surface area contributed by atoms with Gasteiger partial charge in [-0.1, -0.05) is 0 Å². The van der Waals surface area contributed by atoms with Crippen LogP contribution in [0.4, 0.5) is 0 Å². The molecule has 0 spiro atoms. The van der Waals surface area contributed by atoms with Gasteiger partial charge in [0.1, 0.15) is 5.54 Å². The molecule has 1 unspecified atom stereocenters. The number of hydrogen-bond acceptors (Lipinski definition) is 3. The molecule has 1 aromatic rings. The monoisotopic (exact) mass is 227 g/mol. The molecule has 1 N–H and O–H groups in total. The van der Waals surface area contributed by atoms with Gasteiger partial charge in [-0.2, -0.15) is 11.3 Å². The lowest BCUT2D eigenvalue weighted by Crippen LogP contribution is -2.48. The highest BCUT2D eigenvalue weighted by atomic mass is 32.1. The lowest BCUT2D eigenvalue weighted by molar-refractivity contribution is -0.149. The number of carboxylic acid groups (broad SMARTS) is 1. The number of carbonyl (C=O) groups is 1. The van der Waals surface area contributed by atoms with Crippen LogP contribution in [0, 0.1) is 0 Å². The van der Waals surface area contributed by atoms with Gasteiger partial charge in [-0.05, 0) is 50.2 Å². The van der Waals surface area contributed by atoms with Gasteiger partial charge in [-0.15, -0.1) is 0 Å². The van der Waals surface area contributed by atoms with Crippen LogP contribution in [-0.2, 0) is 4.79 Å². The maximum atomic E-state index is 11.1. The first kappa shape index (κ1) is 12.2. The first-order chi connectivity index (χ1) is 6.87. The Morgan fingerprint density at radius 2 is 2.20 bits per heavy atom. The fraction of sp³-hybridized carbons (Fsp3) is 0.545. The van der Waals surface area contributed by atoms with Crippen molar-refractivity contribution in [2.75, 3.05) is 7.05 Å². The van der Waals surface area contributed by atoms with E-state index in [9.17, 15) is 4.79 Å². The third-order valence-electron chi connectivity index (χ3n) is 3.01. The van der Waals surface area contributed by atoms with Crippen molar-refractivity contribution in [2.45, 2.75) is 32.4 Å². The molecule has 0 saturated carbocycles. The number of likely N-dealkylation sites (N-methyl/N-ethyl adjacent to an activating group) is 1. The van der Waals surface area contributed by atoms with Gasteiger partial charge in [0.25, 0.3) is 0 Å². The molecule has 15 heavy (non-hydrogen) atoms. The van der Waals surface area contributed by atoms with Crippen molar-refractivity contribution in [1.82, 2.24) is 4.90 Å². The third kappa shape index (κ3) is 2.38. The number of thiophene rings is 1. The van der Waals surface area contributed by atoms with Gasteiger partial charge in [-0.25, -0.2) is 0 Å². The fourth-order valence-electron chi connectivity index (χ4n) is 1.37. The van der Waals surface area contributed by atoms with Crippen molar-refractivity contribution in [3.05, 3.63) is 22.4 Å². The van der Waals surface area contributed by atoms with E-state index in [2.05, 4.69) is 5.38 Å². The van der Waals surface area contributed by atoms with Gasteiger partial charge in [0.2, 0.25) is 0 Å². The molecule has 0 fully saturated rings. The summed E-state index contributed by atoms with van der Waals surface area (Å²) in [4.78, 5) is 13.0. The van der Waals surface area contributed by atoms with Crippen molar-refractivity contribution in [1.29, 1.82) is 0 Å². The van der Waals surface area contributed by atoms with Crippen molar-refractivity contribution in [2.24, 2.45) is 0 Å². The third-order valence-corrected chi connectivity index (χ3v) is 3.71. The van der Waals surface area contributed by atoms with Gasteiger partial charge in [-0.3, -0.25) is 9.69 Å². The van der Waals surface area contributed by atoms with Crippen LogP contribution in [0.25, 0.3) is 0 Å². The Balaban J connectivity index is 2.85. The molecule has 1 aromatic heterocycles. The van der Waals surface area contributed by atoms with E-state index in [1.165, 1.54) is 0 Å². The molecular weight excluding hydrogens is 210 g/mol. The van der Waals surface area contributed by atoms with Crippen LogP contribution in [0.2, 0.25) is 0 Å². The zero-order valence-electron chi connectivity index (χ0n) is 9.52. The van der Waals surface area contributed by atoms with Crippen LogP contribution in [0.5, 0.6) is 0 Å². The first-order valence-corrected chi connectivity index (χ1v) is 5.80. The minimum absolute atomic E-state index is 0.113. The Bertz CT molecular complexity index is 332. The lowest BCUT2D eigenvalue weighted by Gasteiger charge is -2.36. The van der Waals surface area contributed by atoms with E-state index < -0.39 is 11.5 Å². The molecule has 1 atom stereocenters. The van der Waals surface area contributed by atoms with E-state index >= 15 is 0 Å². The molecule has 0 aliphatic rings. The molecule has 84 valence electrons. The van der Waals surface area contributed by atoms with Crippen LogP contribution in [0.15, 0.2) is 16.8 Å². The zero-order chi connectivity index (χ0) is 11.6. The Morgan fingerprint density at radius 1 is 1.60 bits per heavy atom. The second kappa shape index (κ2) is 4.33. The van der Waals surface area contributed by atoms with Crippen molar-refractivity contribution >= 4 is 17.3 Å². The van der Waals surface area contributed by atoms with Crippen LogP contribution in [0.3, 0.4) is 0 Å². The molecule has 1 heterocycles. The predicted molar refractivity (Wildman–Crippen MR) is 62.2 cm³/mol. The minimum atomic E-state index is -0.846. The van der Waals surface area contributed by atoms with Gasteiger partial charge in [0.15, 0.2) is 0 Å². The molecule has 0 aliphatic heterocycles. The molecule has 0 aromatic carbocycles. The smallest absolute Gasteiger partial charge is 0.323 e. The average molecular weight is 227 g/mol. The maximum Gasteiger partial charge on any atom is 0.323 e. The Hall–Kier alpha value is -0.870. The van der Waals surface area contributed by atoms with Gasteiger partial charge in [0.05, 0.1) is 0 Å². The topological polar surface area (TPSA) is 40.5 Å². The summed E-state index contributed by atoms with van der Waals surface area (Å²) in [6.07, 6.45) is 0. The van der Waals surface area contributed by atoms with Crippen molar-refractivity contribution in [3.8, 4) is 0 Å². The SMILES string of the molecule is CC(c1ccsc1)N(C)C(C)(C)C(=O)O. The quantitative estimate of drug-likeness (QED) is 0.859. The van der Waals surface area contributed by atoms with Gasteiger partial charge in [0, 0.05) is 6.04 Å². The predicted octanol–water partition coefficient (Wildman–Crippen LogP) is 2.60. The molecule has 1 rings (SSSR count). The summed E-state index contributed by atoms with van der Waals surface area (Å²) in [6.45, 7) is 5.46. The molecule has 0 saturated heterocycles. The van der Waals surface area contributed by atoms with E-state index in [1.807, 2.05) is 30.3 Å². The van der Waals surface area contributed by atoms with Crippen LogP contribution in [-0.4, -0.2) is 28.6 Å². The number of hydrogen-bond donors (Lipinski definition) is 1. The number of aliphatic carboxylic acids is 1. The second-order valence-corrected chi connectivity index (χ2v) is 4.99. The highest BCUT2D eigenvalue weighted by Gasteiger charge is 2.35. The molecular formula is C11H17NO2S. The van der Waals surface area contributed by atoms with Crippen LogP contribution >= 0.6 is 11.3 Å². The second-order valence-electron chi connectivity index (χ2n) is 4.21. The largest absolute Gasteiger partial charge is 0.480 e. The molecule has 0 bridgehead atoms. The minimum Gasteiger partial charge on any atom is -0.480 e. The van der Waals surface area contributed by atoms with Crippen molar-refractivity contribution < 1.29 is 9.90 Å². The summed E-state index contributed by atoms with van der Waals surface area (Å²) in [6, 6.07) is 2.14. The summed E-state index contributed by atoms with van der Waals surface area (Å²) >= 11 is 1.63. The van der Waals surface area contributed by atoms with Crippen LogP contribution < -0.4 is 0 Å². The van der Waals surface area contributed by atoms with E-state index in [4.69, 9.17) is 5.11 Å². The average Bonchev–Trinajstić information content (AvgIpc) is 2.67. The maximum absolute atomic E-state index is 11.1. The summed E-state index contributed by atoms with van der Waals surface area (Å²) in [7, 11) is 1.84. The van der Waals surface area contributed by atoms with Gasteiger partial charge < -0.3 is 5.11 Å². The van der Waals surface area contributed by atoms with Crippen molar-refractivity contribution in [3.63, 3.8) is 0 Å². The number of nitrogens with zero attached hydrogens (tertiary/aromatic N) is 1. The first-order valence-electron chi connectivity index (χ1n) is 4.85. The summed E-state index contributed by atoms with van der Waals surface area (Å²) in [5, 5.41) is 13.2. The molecule has 3 nitrogen and oxygen atoms in total. The Labute approximate surface area is 94.3 Å². The van der Waals surface area contributed by atoms with E-state index in [0.717, 1.165) is 5.56 Å². The van der Waals surface area contributed by atoms with E-state index in [-0.39, 0.29) is 6.04 Å². The standard InChI is InChI=1S/C11H17NO2S/c1-8(9-5-6-15-7-9)12(4)11(2,3)10(13)14/h5-8H,1-4H3,(H,13,14). The number of rotatable bonds is 4. The Morgan fingerprint density at radius 3 is 2.60 bits per heavy atom.